The molecule has 1 aliphatic rings. The van der Waals surface area contributed by atoms with Crippen LogP contribution in [-0.4, -0.2) is 26.3 Å². The second-order valence-corrected chi connectivity index (χ2v) is 8.52. The van der Waals surface area contributed by atoms with E-state index in [2.05, 4.69) is 12.2 Å². The fourth-order valence-corrected chi connectivity index (χ4v) is 5.09. The van der Waals surface area contributed by atoms with E-state index in [0.29, 0.717) is 6.04 Å². The van der Waals surface area contributed by atoms with Crippen LogP contribution in [0.1, 0.15) is 50.2 Å². The van der Waals surface area contributed by atoms with Crippen LogP contribution in [0.2, 0.25) is 0 Å². The summed E-state index contributed by atoms with van der Waals surface area (Å²) in [5, 5.41) is 3.30. The standard InChI is InChI=1S/C17H27NO2S/c1-3-10-18-16-8-5-9-17(12-16)21(19,20)13-15-7-4-6-14(2)11-15/h4,6-7,11,16-18H,3,5,8-10,12-13H2,1-2H3. The third-order valence-corrected chi connectivity index (χ3v) is 6.45. The molecule has 0 radical (unpaired) electrons. The Labute approximate surface area is 129 Å². The zero-order valence-electron chi connectivity index (χ0n) is 13.1. The van der Waals surface area contributed by atoms with Crippen molar-refractivity contribution in [1.29, 1.82) is 0 Å². The van der Waals surface area contributed by atoms with Gasteiger partial charge in [-0.05, 0) is 44.7 Å². The third kappa shape index (κ3) is 4.82. The molecule has 1 aromatic carbocycles. The van der Waals surface area contributed by atoms with E-state index in [1.165, 1.54) is 0 Å². The van der Waals surface area contributed by atoms with Gasteiger partial charge >= 0.3 is 0 Å². The first-order valence-electron chi connectivity index (χ1n) is 8.01. The number of hydrogen-bond donors (Lipinski definition) is 1. The van der Waals surface area contributed by atoms with Gasteiger partial charge in [0.2, 0.25) is 0 Å². The molecule has 2 rings (SSSR count). The summed E-state index contributed by atoms with van der Waals surface area (Å²) in [6.07, 6.45) is 4.80. The maximum atomic E-state index is 12.7. The molecular weight excluding hydrogens is 282 g/mol. The van der Waals surface area contributed by atoms with E-state index < -0.39 is 9.84 Å². The SMILES string of the molecule is CCCNC1CCCC(S(=O)(=O)Cc2cccc(C)c2)C1. The zero-order chi connectivity index (χ0) is 15.3. The predicted molar refractivity (Wildman–Crippen MR) is 88.1 cm³/mol. The summed E-state index contributed by atoms with van der Waals surface area (Å²) in [7, 11) is -3.05. The lowest BCUT2D eigenvalue weighted by Crippen LogP contribution is -2.39. The van der Waals surface area contributed by atoms with Crippen LogP contribution in [0.15, 0.2) is 24.3 Å². The van der Waals surface area contributed by atoms with E-state index in [9.17, 15) is 8.42 Å². The molecule has 0 saturated heterocycles. The van der Waals surface area contributed by atoms with E-state index in [0.717, 1.165) is 49.8 Å². The first-order chi connectivity index (χ1) is 10.0. The van der Waals surface area contributed by atoms with Crippen molar-refractivity contribution in [2.75, 3.05) is 6.54 Å². The van der Waals surface area contributed by atoms with Crippen molar-refractivity contribution < 1.29 is 8.42 Å². The van der Waals surface area contributed by atoms with Crippen molar-refractivity contribution in [2.45, 2.75) is 63.0 Å². The normalized spacial score (nSPS) is 23.1. The average Bonchev–Trinajstić information content (AvgIpc) is 2.45. The molecule has 2 atom stereocenters. The molecule has 0 spiro atoms. The van der Waals surface area contributed by atoms with Crippen molar-refractivity contribution in [2.24, 2.45) is 0 Å². The molecule has 1 aromatic rings. The largest absolute Gasteiger partial charge is 0.314 e. The Balaban J connectivity index is 2.01. The van der Waals surface area contributed by atoms with Gasteiger partial charge in [0.25, 0.3) is 0 Å². The molecule has 2 unspecified atom stereocenters. The Morgan fingerprint density at radius 3 is 2.81 bits per heavy atom. The quantitative estimate of drug-likeness (QED) is 0.877. The molecule has 4 heteroatoms. The van der Waals surface area contributed by atoms with E-state index in [4.69, 9.17) is 0 Å². The van der Waals surface area contributed by atoms with Gasteiger partial charge in [-0.3, -0.25) is 0 Å². The van der Waals surface area contributed by atoms with Gasteiger partial charge in [-0.15, -0.1) is 0 Å². The monoisotopic (exact) mass is 309 g/mol. The minimum Gasteiger partial charge on any atom is -0.314 e. The second-order valence-electron chi connectivity index (χ2n) is 6.24. The van der Waals surface area contributed by atoms with Crippen LogP contribution in [0, 0.1) is 6.92 Å². The van der Waals surface area contributed by atoms with Gasteiger partial charge in [-0.25, -0.2) is 8.42 Å². The lowest BCUT2D eigenvalue weighted by Gasteiger charge is -2.29. The van der Waals surface area contributed by atoms with E-state index in [1.54, 1.807) is 0 Å². The van der Waals surface area contributed by atoms with Crippen molar-refractivity contribution >= 4 is 9.84 Å². The Hall–Kier alpha value is -0.870. The van der Waals surface area contributed by atoms with Gasteiger partial charge in [0.15, 0.2) is 9.84 Å². The zero-order valence-corrected chi connectivity index (χ0v) is 14.0. The van der Waals surface area contributed by atoms with Crippen LogP contribution in [0.4, 0.5) is 0 Å². The molecule has 1 saturated carbocycles. The minimum atomic E-state index is -3.05. The lowest BCUT2D eigenvalue weighted by molar-refractivity contribution is 0.372. The van der Waals surface area contributed by atoms with Gasteiger partial charge in [0.05, 0.1) is 11.0 Å². The molecule has 21 heavy (non-hydrogen) atoms. The lowest BCUT2D eigenvalue weighted by atomic mass is 9.95. The van der Waals surface area contributed by atoms with Crippen molar-refractivity contribution in [3.05, 3.63) is 35.4 Å². The van der Waals surface area contributed by atoms with E-state index in [1.807, 2.05) is 31.2 Å². The maximum absolute atomic E-state index is 12.7. The molecule has 118 valence electrons. The number of nitrogens with one attached hydrogen (secondary N) is 1. The number of aryl methyl sites for hydroxylation is 1. The fraction of sp³-hybridized carbons (Fsp3) is 0.647. The summed E-state index contributed by atoms with van der Waals surface area (Å²) in [6, 6.07) is 8.21. The Bertz CT molecular complexity index is 554. The Kier molecular flexibility index (Phi) is 5.82. The van der Waals surface area contributed by atoms with Gasteiger partial charge in [-0.1, -0.05) is 43.2 Å². The number of sulfone groups is 1. The summed E-state index contributed by atoms with van der Waals surface area (Å²) in [5.41, 5.74) is 2.03. The molecular formula is C17H27NO2S. The minimum absolute atomic E-state index is 0.180. The van der Waals surface area contributed by atoms with Crippen molar-refractivity contribution in [1.82, 2.24) is 5.32 Å². The Morgan fingerprint density at radius 2 is 2.10 bits per heavy atom. The van der Waals surface area contributed by atoms with Crippen LogP contribution in [-0.2, 0) is 15.6 Å². The van der Waals surface area contributed by atoms with E-state index >= 15 is 0 Å². The van der Waals surface area contributed by atoms with Crippen molar-refractivity contribution in [3.8, 4) is 0 Å². The highest BCUT2D eigenvalue weighted by Gasteiger charge is 2.31. The second kappa shape index (κ2) is 7.41. The number of rotatable bonds is 6. The fourth-order valence-electron chi connectivity index (χ4n) is 3.16. The number of benzene rings is 1. The maximum Gasteiger partial charge on any atom is 0.157 e. The highest BCUT2D eigenvalue weighted by molar-refractivity contribution is 7.91. The molecule has 1 aliphatic carbocycles. The highest BCUT2D eigenvalue weighted by atomic mass is 32.2. The van der Waals surface area contributed by atoms with Crippen LogP contribution in [0.25, 0.3) is 0 Å². The molecule has 0 aliphatic heterocycles. The molecule has 1 N–H and O–H groups in total. The number of hydrogen-bond acceptors (Lipinski definition) is 3. The first kappa shape index (κ1) is 16.5. The summed E-state index contributed by atoms with van der Waals surface area (Å²) >= 11 is 0. The van der Waals surface area contributed by atoms with Crippen LogP contribution < -0.4 is 5.32 Å². The van der Waals surface area contributed by atoms with Crippen LogP contribution in [0.3, 0.4) is 0 Å². The topological polar surface area (TPSA) is 46.2 Å². The summed E-state index contributed by atoms with van der Waals surface area (Å²) < 4.78 is 25.3. The molecule has 0 bridgehead atoms. The molecule has 1 fully saturated rings. The molecule has 0 amide bonds. The summed E-state index contributed by atoms with van der Waals surface area (Å²) in [5.74, 6) is 0.180. The molecule has 0 heterocycles. The van der Waals surface area contributed by atoms with Crippen LogP contribution >= 0.6 is 0 Å². The molecule has 3 nitrogen and oxygen atoms in total. The highest BCUT2D eigenvalue weighted by Crippen LogP contribution is 2.27. The van der Waals surface area contributed by atoms with Gasteiger partial charge < -0.3 is 5.32 Å². The van der Waals surface area contributed by atoms with E-state index in [-0.39, 0.29) is 11.0 Å². The predicted octanol–water partition coefficient (Wildman–Crippen LogP) is 3.22. The summed E-state index contributed by atoms with van der Waals surface area (Å²) in [4.78, 5) is 0. The van der Waals surface area contributed by atoms with Crippen molar-refractivity contribution in [3.63, 3.8) is 0 Å². The summed E-state index contributed by atoms with van der Waals surface area (Å²) in [6.45, 7) is 5.12. The third-order valence-electron chi connectivity index (χ3n) is 4.27. The van der Waals surface area contributed by atoms with Gasteiger partial charge in [0.1, 0.15) is 0 Å². The van der Waals surface area contributed by atoms with Gasteiger partial charge in [0, 0.05) is 6.04 Å². The van der Waals surface area contributed by atoms with Crippen LogP contribution in [0.5, 0.6) is 0 Å². The smallest absolute Gasteiger partial charge is 0.157 e. The molecule has 0 aromatic heterocycles. The first-order valence-corrected chi connectivity index (χ1v) is 9.73. The van der Waals surface area contributed by atoms with Gasteiger partial charge in [-0.2, -0.15) is 0 Å². The average molecular weight is 309 g/mol. The Morgan fingerprint density at radius 1 is 1.29 bits per heavy atom.